The zero-order valence-electron chi connectivity index (χ0n) is 10.4. The van der Waals surface area contributed by atoms with E-state index in [2.05, 4.69) is 4.72 Å². The summed E-state index contributed by atoms with van der Waals surface area (Å²) >= 11 is 0. The first-order valence-electron chi connectivity index (χ1n) is 5.66. The van der Waals surface area contributed by atoms with Gasteiger partial charge in [0.25, 0.3) is 0 Å². The van der Waals surface area contributed by atoms with Crippen LogP contribution in [0.25, 0.3) is 0 Å². The van der Waals surface area contributed by atoms with E-state index in [1.165, 1.54) is 0 Å². The van der Waals surface area contributed by atoms with Crippen LogP contribution in [0.3, 0.4) is 0 Å². The molecule has 0 heterocycles. The van der Waals surface area contributed by atoms with Gasteiger partial charge >= 0.3 is 0 Å². The third-order valence-electron chi connectivity index (χ3n) is 2.43. The van der Waals surface area contributed by atoms with Crippen molar-refractivity contribution in [2.75, 3.05) is 12.3 Å². The molecule has 0 aliphatic rings. The summed E-state index contributed by atoms with van der Waals surface area (Å²) in [5.74, 6) is -2.21. The topological polar surface area (TPSA) is 92.4 Å². The van der Waals surface area contributed by atoms with Crippen molar-refractivity contribution in [3.63, 3.8) is 0 Å². The van der Waals surface area contributed by atoms with Crippen LogP contribution in [0.5, 0.6) is 0 Å². The van der Waals surface area contributed by atoms with Gasteiger partial charge in [0.1, 0.15) is 16.5 Å². The van der Waals surface area contributed by atoms with Gasteiger partial charge in [-0.05, 0) is 25.8 Å². The molecular formula is C11H16F2N2O3S. The molecule has 108 valence electrons. The Morgan fingerprint density at radius 2 is 2.00 bits per heavy atom. The van der Waals surface area contributed by atoms with Crippen molar-refractivity contribution in [1.82, 2.24) is 4.72 Å². The van der Waals surface area contributed by atoms with Crippen LogP contribution >= 0.6 is 0 Å². The van der Waals surface area contributed by atoms with Crippen LogP contribution in [0.15, 0.2) is 17.0 Å². The van der Waals surface area contributed by atoms with Gasteiger partial charge < -0.3 is 10.8 Å². The summed E-state index contributed by atoms with van der Waals surface area (Å²) in [5, 5.41) is 9.01. The van der Waals surface area contributed by atoms with Gasteiger partial charge in [-0.2, -0.15) is 0 Å². The highest BCUT2D eigenvalue weighted by Gasteiger charge is 2.20. The van der Waals surface area contributed by atoms with E-state index >= 15 is 0 Å². The number of benzene rings is 1. The second-order valence-electron chi connectivity index (χ2n) is 4.19. The van der Waals surface area contributed by atoms with E-state index in [-0.39, 0.29) is 6.54 Å². The second kappa shape index (κ2) is 6.27. The number of anilines is 1. The summed E-state index contributed by atoms with van der Waals surface area (Å²) in [5.41, 5.74) is 4.77. The normalized spacial score (nSPS) is 13.5. The Kier molecular flexibility index (Phi) is 5.21. The molecule has 1 unspecified atom stereocenters. The minimum absolute atomic E-state index is 0.0456. The molecule has 5 nitrogen and oxygen atoms in total. The molecule has 0 spiro atoms. The number of aliphatic hydroxyl groups excluding tert-OH is 1. The van der Waals surface area contributed by atoms with E-state index in [0.717, 1.165) is 6.07 Å². The molecule has 0 aromatic heterocycles. The van der Waals surface area contributed by atoms with Crippen molar-refractivity contribution < 1.29 is 22.3 Å². The number of hydrogen-bond donors (Lipinski definition) is 3. The fourth-order valence-electron chi connectivity index (χ4n) is 1.43. The second-order valence-corrected chi connectivity index (χ2v) is 5.93. The first kappa shape index (κ1) is 15.8. The lowest BCUT2D eigenvalue weighted by Crippen LogP contribution is -2.26. The van der Waals surface area contributed by atoms with E-state index in [4.69, 9.17) is 10.8 Å². The van der Waals surface area contributed by atoms with Crippen LogP contribution < -0.4 is 10.5 Å². The largest absolute Gasteiger partial charge is 0.396 e. The highest BCUT2D eigenvalue weighted by molar-refractivity contribution is 7.89. The summed E-state index contributed by atoms with van der Waals surface area (Å²) in [4.78, 5) is -0.691. The van der Waals surface area contributed by atoms with Gasteiger partial charge in [0.05, 0.1) is 11.8 Å². The zero-order chi connectivity index (χ0) is 14.6. The van der Waals surface area contributed by atoms with Crippen molar-refractivity contribution >= 4 is 15.7 Å². The van der Waals surface area contributed by atoms with E-state index < -0.39 is 38.3 Å². The summed E-state index contributed by atoms with van der Waals surface area (Å²) < 4.78 is 52.0. The molecule has 0 saturated heterocycles. The van der Waals surface area contributed by atoms with Crippen molar-refractivity contribution in [3.05, 3.63) is 23.8 Å². The van der Waals surface area contributed by atoms with Crippen LogP contribution in [0, 0.1) is 11.6 Å². The lowest BCUT2D eigenvalue weighted by atomic mass is 10.2. The first-order valence-corrected chi connectivity index (χ1v) is 7.14. The number of rotatable bonds is 6. The van der Waals surface area contributed by atoms with Crippen LogP contribution in [-0.2, 0) is 10.0 Å². The van der Waals surface area contributed by atoms with Gasteiger partial charge in [0.15, 0.2) is 0 Å². The van der Waals surface area contributed by atoms with Crippen molar-refractivity contribution in [2.24, 2.45) is 0 Å². The maximum absolute atomic E-state index is 13.4. The minimum atomic E-state index is -4.08. The predicted octanol–water partition coefficient (Wildman–Crippen LogP) is 0.986. The standard InChI is InChI=1S/C11H16F2N2O3S/c1-7(16)3-2-4-15-19(17,18)11-6-10(14)8(12)5-9(11)13/h5-7,15-16H,2-4,14H2,1H3. The van der Waals surface area contributed by atoms with E-state index in [0.29, 0.717) is 18.9 Å². The molecule has 1 aromatic rings. The smallest absolute Gasteiger partial charge is 0.243 e. The number of aliphatic hydroxyl groups is 1. The number of halogens is 2. The van der Waals surface area contributed by atoms with Crippen LogP contribution in [0.4, 0.5) is 14.5 Å². The van der Waals surface area contributed by atoms with Gasteiger partial charge in [-0.3, -0.25) is 0 Å². The Labute approximate surface area is 110 Å². The van der Waals surface area contributed by atoms with Gasteiger partial charge in [-0.1, -0.05) is 0 Å². The molecule has 0 fully saturated rings. The average Bonchev–Trinajstić information content (AvgIpc) is 2.29. The van der Waals surface area contributed by atoms with E-state index in [1.807, 2.05) is 0 Å². The molecule has 0 aliphatic heterocycles. The predicted molar refractivity (Wildman–Crippen MR) is 66.9 cm³/mol. The summed E-state index contributed by atoms with van der Waals surface area (Å²) in [6.07, 6.45) is 0.272. The van der Waals surface area contributed by atoms with Gasteiger partial charge in [-0.25, -0.2) is 21.9 Å². The molecule has 0 radical (unpaired) electrons. The number of nitrogen functional groups attached to an aromatic ring is 1. The van der Waals surface area contributed by atoms with Gasteiger partial charge in [-0.15, -0.1) is 0 Å². The highest BCUT2D eigenvalue weighted by atomic mass is 32.2. The summed E-state index contributed by atoms with van der Waals surface area (Å²) in [7, 11) is -4.08. The zero-order valence-corrected chi connectivity index (χ0v) is 11.2. The first-order chi connectivity index (χ1) is 8.74. The highest BCUT2D eigenvalue weighted by Crippen LogP contribution is 2.20. The molecule has 0 saturated carbocycles. The molecule has 1 atom stereocenters. The number of nitrogens with two attached hydrogens (primary N) is 1. The fraction of sp³-hybridized carbons (Fsp3) is 0.455. The molecule has 8 heteroatoms. The molecule has 1 rings (SSSR count). The number of nitrogens with one attached hydrogen (secondary N) is 1. The summed E-state index contributed by atoms with van der Waals surface area (Å²) in [6, 6.07) is 1.17. The summed E-state index contributed by atoms with van der Waals surface area (Å²) in [6.45, 7) is 1.62. The monoisotopic (exact) mass is 294 g/mol. The van der Waals surface area contributed by atoms with Gasteiger partial charge in [0, 0.05) is 12.6 Å². The third kappa shape index (κ3) is 4.41. The molecule has 1 aromatic carbocycles. The Balaban J connectivity index is 2.80. The minimum Gasteiger partial charge on any atom is -0.396 e. The van der Waals surface area contributed by atoms with Crippen LogP contribution in [0.2, 0.25) is 0 Å². The molecule has 0 amide bonds. The van der Waals surface area contributed by atoms with Crippen LogP contribution in [-0.4, -0.2) is 26.2 Å². The quantitative estimate of drug-likeness (QED) is 0.539. The number of hydrogen-bond acceptors (Lipinski definition) is 4. The van der Waals surface area contributed by atoms with Crippen LogP contribution in [0.1, 0.15) is 19.8 Å². The maximum atomic E-state index is 13.4. The third-order valence-corrected chi connectivity index (χ3v) is 3.91. The molecule has 19 heavy (non-hydrogen) atoms. The average molecular weight is 294 g/mol. The Morgan fingerprint density at radius 1 is 1.37 bits per heavy atom. The Morgan fingerprint density at radius 3 is 2.58 bits per heavy atom. The van der Waals surface area contributed by atoms with Crippen molar-refractivity contribution in [3.8, 4) is 0 Å². The molecular weight excluding hydrogens is 278 g/mol. The van der Waals surface area contributed by atoms with E-state index in [9.17, 15) is 17.2 Å². The van der Waals surface area contributed by atoms with Gasteiger partial charge in [0.2, 0.25) is 10.0 Å². The molecule has 4 N–H and O–H groups in total. The Bertz CT molecular complexity index is 547. The SMILES string of the molecule is CC(O)CCCNS(=O)(=O)c1cc(N)c(F)cc1F. The number of sulfonamides is 1. The lowest BCUT2D eigenvalue weighted by molar-refractivity contribution is 0.182. The van der Waals surface area contributed by atoms with Crippen molar-refractivity contribution in [2.45, 2.75) is 30.8 Å². The molecule has 0 bridgehead atoms. The molecule has 0 aliphatic carbocycles. The maximum Gasteiger partial charge on any atom is 0.243 e. The Hall–Kier alpha value is -1.25. The van der Waals surface area contributed by atoms with E-state index in [1.54, 1.807) is 6.92 Å². The fourth-order valence-corrected chi connectivity index (χ4v) is 2.60. The lowest BCUT2D eigenvalue weighted by Gasteiger charge is -2.09. The van der Waals surface area contributed by atoms with Crippen molar-refractivity contribution in [1.29, 1.82) is 0 Å².